The molecular weight excluding hydrogens is 340 g/mol. The van der Waals surface area contributed by atoms with Gasteiger partial charge in [0.25, 0.3) is 23.5 Å². The largest absolute Gasteiger partial charge is 2.00 e. The molecule has 4 radical (unpaired) electrons. The van der Waals surface area contributed by atoms with Gasteiger partial charge in [0.05, 0.1) is 0 Å². The van der Waals surface area contributed by atoms with Crippen molar-refractivity contribution in [2.24, 2.45) is 0 Å². The zero-order valence-corrected chi connectivity index (χ0v) is 13.4. The van der Waals surface area contributed by atoms with E-state index in [4.69, 9.17) is 57.7 Å². The molecule has 0 aliphatic rings. The Kier molecular flexibility index (Phi) is 23.3. The first-order valence-electron chi connectivity index (χ1n) is 2.30. The van der Waals surface area contributed by atoms with Gasteiger partial charge in [0.15, 0.2) is 0 Å². The zero-order chi connectivity index (χ0) is 13.5. The summed E-state index contributed by atoms with van der Waals surface area (Å²) in [6.07, 6.45) is 0. The number of phosphoric acid groups is 3. The standard InChI is InChI=1S/Na.3H3O4P.S/c;3*1-5(2,3)4;/h;3*(H3,1,2,3,4);/q+1;;;;+2/p-3. The van der Waals surface area contributed by atoms with Gasteiger partial charge in [-0.1, -0.05) is 0 Å². The predicted octanol–water partition coefficient (Wildman–Crippen LogP) is -7.68. The van der Waals surface area contributed by atoms with Crippen molar-refractivity contribution in [1.29, 1.82) is 0 Å². The molecule has 0 aromatic heterocycles. The molecule has 0 saturated heterocycles. The molecule has 6 N–H and O–H groups in total. The minimum atomic E-state index is -4.89. The number of hydrogen-bond donors (Lipinski definition) is 6. The summed E-state index contributed by atoms with van der Waals surface area (Å²) in [4.78, 5) is 68.8. The molecule has 0 amide bonds. The minimum absolute atomic E-state index is 0. The SMILES string of the molecule is O=P([O-])(O)O.O=P([O-])(O)O.O=P([O-])(O)O.[Na+].[S+2]. The molecule has 0 heterocycles. The van der Waals surface area contributed by atoms with Crippen LogP contribution in [0.25, 0.3) is 0 Å². The fraction of sp³-hybridized carbons (Fsp3) is 0. The Morgan fingerprint density at radius 3 is 0.588 bits per heavy atom. The average molecular weight is 346 g/mol. The maximum absolute atomic E-state index is 8.77. The van der Waals surface area contributed by atoms with E-state index in [0.717, 1.165) is 0 Å². The Bertz CT molecular complexity index is 208. The number of hydrogen-bond acceptors (Lipinski definition) is 6. The third-order valence-corrected chi connectivity index (χ3v) is 0. The van der Waals surface area contributed by atoms with Gasteiger partial charge in [-0.05, 0) is 0 Å². The first-order valence-corrected chi connectivity index (χ1v) is 6.89. The predicted molar refractivity (Wildman–Crippen MR) is 43.5 cm³/mol. The average Bonchev–Trinajstić information content (AvgIpc) is 1.41. The van der Waals surface area contributed by atoms with Crippen molar-refractivity contribution in [1.82, 2.24) is 0 Å². The van der Waals surface area contributed by atoms with Crippen LogP contribution in [0, 0.1) is 0 Å². The molecule has 100 valence electrons. The van der Waals surface area contributed by atoms with Crippen molar-refractivity contribution in [3.8, 4) is 0 Å². The quantitative estimate of drug-likeness (QED) is 0.177. The summed E-state index contributed by atoms with van der Waals surface area (Å²) in [5.41, 5.74) is 0. The van der Waals surface area contributed by atoms with Crippen LogP contribution in [0.5, 0.6) is 0 Å². The normalized spacial score (nSPS) is 10.4. The molecule has 0 unspecified atom stereocenters. The van der Waals surface area contributed by atoms with E-state index in [-0.39, 0.29) is 43.1 Å². The molecule has 0 aromatic carbocycles. The number of rotatable bonds is 0. The van der Waals surface area contributed by atoms with Crippen LogP contribution in [-0.4, -0.2) is 29.4 Å². The van der Waals surface area contributed by atoms with Gasteiger partial charge in [-0.15, -0.1) is 0 Å². The van der Waals surface area contributed by atoms with Crippen LogP contribution in [0.3, 0.4) is 0 Å². The van der Waals surface area contributed by atoms with Gasteiger partial charge >= 0.3 is 43.1 Å². The van der Waals surface area contributed by atoms with Crippen LogP contribution in [0.4, 0.5) is 0 Å². The van der Waals surface area contributed by atoms with Crippen LogP contribution in [-0.2, 0) is 27.2 Å². The van der Waals surface area contributed by atoms with Crippen molar-refractivity contribution in [2.45, 2.75) is 0 Å². The van der Waals surface area contributed by atoms with E-state index < -0.39 is 23.5 Å². The summed E-state index contributed by atoms with van der Waals surface area (Å²) in [5, 5.41) is 0. The van der Waals surface area contributed by atoms with Gasteiger partial charge in [-0.2, -0.15) is 0 Å². The monoisotopic (exact) mass is 346 g/mol. The van der Waals surface area contributed by atoms with Gasteiger partial charge in [0, 0.05) is 0 Å². The van der Waals surface area contributed by atoms with Crippen LogP contribution in [0.2, 0.25) is 0 Å². The maximum atomic E-state index is 8.77. The molecule has 0 aromatic rings. The molecule has 0 atom stereocenters. The summed E-state index contributed by atoms with van der Waals surface area (Å²) in [6.45, 7) is 0. The Labute approximate surface area is 124 Å². The van der Waals surface area contributed by atoms with E-state index in [1.807, 2.05) is 0 Å². The van der Waals surface area contributed by atoms with E-state index in [1.165, 1.54) is 0 Å². The van der Waals surface area contributed by atoms with Gasteiger partial charge < -0.3 is 44.0 Å². The van der Waals surface area contributed by atoms with E-state index in [1.54, 1.807) is 0 Å². The molecule has 0 rings (SSSR count). The molecule has 0 bridgehead atoms. The maximum Gasteiger partial charge on any atom is 2.00 e. The third kappa shape index (κ3) is 1540. The fourth-order valence-electron chi connectivity index (χ4n) is 0. The van der Waals surface area contributed by atoms with Crippen molar-refractivity contribution >= 4 is 37.0 Å². The van der Waals surface area contributed by atoms with Gasteiger partial charge in [-0.3, -0.25) is 13.7 Å². The second-order valence-corrected chi connectivity index (χ2v) is 4.42. The Balaban J connectivity index is -0.0000000400. The molecular formula is H6NaO12P3S. The second-order valence-electron chi connectivity index (χ2n) is 1.47. The van der Waals surface area contributed by atoms with E-state index in [9.17, 15) is 0 Å². The van der Waals surface area contributed by atoms with Crippen LogP contribution >= 0.6 is 23.5 Å². The van der Waals surface area contributed by atoms with E-state index in [2.05, 4.69) is 0 Å². The molecule has 0 aliphatic carbocycles. The van der Waals surface area contributed by atoms with Crippen LogP contribution in [0.15, 0.2) is 0 Å². The molecule has 17 heteroatoms. The van der Waals surface area contributed by atoms with E-state index in [0.29, 0.717) is 0 Å². The Hall–Kier alpha value is 1.68. The molecule has 0 spiro atoms. The second kappa shape index (κ2) is 12.7. The van der Waals surface area contributed by atoms with Crippen molar-refractivity contribution in [2.75, 3.05) is 0 Å². The fourth-order valence-corrected chi connectivity index (χ4v) is 0. The molecule has 0 saturated carbocycles. The van der Waals surface area contributed by atoms with Gasteiger partial charge in [-0.25, -0.2) is 0 Å². The van der Waals surface area contributed by atoms with Crippen LogP contribution in [0.1, 0.15) is 0 Å². The van der Waals surface area contributed by atoms with Crippen LogP contribution < -0.4 is 44.2 Å². The summed E-state index contributed by atoms with van der Waals surface area (Å²) in [5.74, 6) is 0. The summed E-state index contributed by atoms with van der Waals surface area (Å²) in [6, 6.07) is 0. The zero-order valence-electron chi connectivity index (χ0n) is 7.88. The van der Waals surface area contributed by atoms with Crippen molar-refractivity contribution in [3.05, 3.63) is 0 Å². The molecule has 12 nitrogen and oxygen atoms in total. The molecule has 17 heavy (non-hydrogen) atoms. The van der Waals surface area contributed by atoms with Crippen molar-refractivity contribution in [3.63, 3.8) is 0 Å². The molecule has 0 fully saturated rings. The van der Waals surface area contributed by atoms with Gasteiger partial charge in [0.2, 0.25) is 0 Å². The first kappa shape index (κ1) is 31.2. The van der Waals surface area contributed by atoms with Crippen molar-refractivity contribution < 1.29 is 87.3 Å². The minimum Gasteiger partial charge on any atom is -0.756 e. The topological polar surface area (TPSA) is 242 Å². The Morgan fingerprint density at radius 2 is 0.588 bits per heavy atom. The third-order valence-electron chi connectivity index (χ3n) is 0. The Morgan fingerprint density at radius 1 is 0.588 bits per heavy atom. The summed E-state index contributed by atoms with van der Waals surface area (Å²) in [7, 11) is -14.7. The smallest absolute Gasteiger partial charge is 0.756 e. The van der Waals surface area contributed by atoms with E-state index >= 15 is 0 Å². The van der Waals surface area contributed by atoms with Gasteiger partial charge in [0.1, 0.15) is 0 Å². The summed E-state index contributed by atoms with van der Waals surface area (Å²) >= 11 is 0. The molecule has 0 aliphatic heterocycles. The summed E-state index contributed by atoms with van der Waals surface area (Å²) < 4.78 is 26.3. The first-order chi connectivity index (χ1) is 6.00.